The average molecular weight is 284 g/mol. The maximum atomic E-state index is 12.1. The second-order valence-corrected chi connectivity index (χ2v) is 5.27. The number of aryl methyl sites for hydroxylation is 1. The van der Waals surface area contributed by atoms with Crippen molar-refractivity contribution in [2.24, 2.45) is 0 Å². The van der Waals surface area contributed by atoms with Gasteiger partial charge in [-0.15, -0.1) is 11.3 Å². The molecule has 0 unspecified atom stereocenters. The van der Waals surface area contributed by atoms with Gasteiger partial charge in [0.05, 0.1) is 4.88 Å². The van der Waals surface area contributed by atoms with E-state index in [4.69, 9.17) is 4.52 Å². The van der Waals surface area contributed by atoms with Crippen molar-refractivity contribution in [3.05, 3.63) is 59.1 Å². The number of hydrogen-bond donors (Lipinski definition) is 1. The zero-order chi connectivity index (χ0) is 13.9. The fourth-order valence-corrected chi connectivity index (χ4v) is 2.49. The molecule has 1 N–H and O–H groups in total. The predicted molar refractivity (Wildman–Crippen MR) is 78.9 cm³/mol. The molecule has 0 aliphatic carbocycles. The normalized spacial score (nSPS) is 10.4. The van der Waals surface area contributed by atoms with Gasteiger partial charge in [-0.1, -0.05) is 29.4 Å². The van der Waals surface area contributed by atoms with E-state index in [9.17, 15) is 4.79 Å². The van der Waals surface area contributed by atoms with Gasteiger partial charge in [-0.05, 0) is 30.0 Å². The Bertz CT molecular complexity index is 732. The summed E-state index contributed by atoms with van der Waals surface area (Å²) in [5, 5.41) is 8.59. The van der Waals surface area contributed by atoms with Crippen LogP contribution in [0, 0.1) is 6.92 Å². The molecule has 0 saturated heterocycles. The Morgan fingerprint density at radius 2 is 2.10 bits per heavy atom. The molecule has 0 aliphatic rings. The second-order valence-electron chi connectivity index (χ2n) is 4.32. The van der Waals surface area contributed by atoms with Crippen LogP contribution in [0.2, 0.25) is 0 Å². The number of thiophene rings is 1. The predicted octanol–water partition coefficient (Wildman–Crippen LogP) is 3.96. The molecular formula is C15H12N2O2S. The number of amides is 1. The van der Waals surface area contributed by atoms with Crippen molar-refractivity contribution in [1.82, 2.24) is 5.16 Å². The molecule has 3 aromatic rings. The minimum Gasteiger partial charge on any atom is -0.355 e. The number of carbonyl (C=O) groups excluding carboxylic acids is 1. The van der Waals surface area contributed by atoms with Crippen LogP contribution in [0.15, 0.2) is 52.4 Å². The van der Waals surface area contributed by atoms with Crippen molar-refractivity contribution < 1.29 is 9.32 Å². The van der Waals surface area contributed by atoms with Crippen LogP contribution in [-0.4, -0.2) is 11.1 Å². The SMILES string of the molecule is Cc1ccccc1NC(=O)c1cc(-c2cccs2)on1. The van der Waals surface area contributed by atoms with Crippen LogP contribution in [0.25, 0.3) is 10.6 Å². The lowest BCUT2D eigenvalue weighted by atomic mass is 10.2. The molecular weight excluding hydrogens is 272 g/mol. The third kappa shape index (κ3) is 2.48. The minimum absolute atomic E-state index is 0.272. The van der Waals surface area contributed by atoms with Gasteiger partial charge < -0.3 is 9.84 Å². The van der Waals surface area contributed by atoms with Crippen molar-refractivity contribution in [3.8, 4) is 10.6 Å². The first kappa shape index (κ1) is 12.6. The molecule has 1 amide bonds. The molecule has 1 aromatic carbocycles. The first-order chi connectivity index (χ1) is 9.74. The number of aromatic nitrogens is 1. The van der Waals surface area contributed by atoms with E-state index in [2.05, 4.69) is 10.5 Å². The van der Waals surface area contributed by atoms with Crippen LogP contribution in [0.5, 0.6) is 0 Å². The summed E-state index contributed by atoms with van der Waals surface area (Å²) in [6.07, 6.45) is 0. The summed E-state index contributed by atoms with van der Waals surface area (Å²) in [5.41, 5.74) is 2.05. The van der Waals surface area contributed by atoms with E-state index in [-0.39, 0.29) is 11.6 Å². The Balaban J connectivity index is 1.80. The highest BCUT2D eigenvalue weighted by Gasteiger charge is 2.14. The number of para-hydroxylation sites is 1. The van der Waals surface area contributed by atoms with Gasteiger partial charge in [0.15, 0.2) is 11.5 Å². The fourth-order valence-electron chi connectivity index (χ4n) is 1.82. The Hall–Kier alpha value is -2.40. The standard InChI is InChI=1S/C15H12N2O2S/c1-10-5-2-3-6-11(10)16-15(18)12-9-13(19-17-12)14-7-4-8-20-14/h2-9H,1H3,(H,16,18). The molecule has 2 aromatic heterocycles. The van der Waals surface area contributed by atoms with Gasteiger partial charge in [-0.25, -0.2) is 0 Å². The van der Waals surface area contributed by atoms with Gasteiger partial charge in [0.2, 0.25) is 0 Å². The summed E-state index contributed by atoms with van der Waals surface area (Å²) in [6.45, 7) is 1.94. The van der Waals surface area contributed by atoms with Crippen molar-refractivity contribution in [3.63, 3.8) is 0 Å². The van der Waals surface area contributed by atoms with Crippen molar-refractivity contribution >= 4 is 22.9 Å². The van der Waals surface area contributed by atoms with E-state index in [0.717, 1.165) is 16.1 Å². The summed E-state index contributed by atoms with van der Waals surface area (Å²) < 4.78 is 5.20. The third-order valence-corrected chi connectivity index (χ3v) is 3.78. The van der Waals surface area contributed by atoms with Crippen molar-refractivity contribution in [2.45, 2.75) is 6.92 Å². The Labute approximate surface area is 120 Å². The largest absolute Gasteiger partial charge is 0.355 e. The summed E-state index contributed by atoms with van der Waals surface area (Å²) >= 11 is 1.54. The summed E-state index contributed by atoms with van der Waals surface area (Å²) in [5.74, 6) is 0.334. The van der Waals surface area contributed by atoms with Gasteiger partial charge >= 0.3 is 0 Å². The van der Waals surface area contributed by atoms with Crippen LogP contribution in [0.1, 0.15) is 16.1 Å². The molecule has 0 bridgehead atoms. The van der Waals surface area contributed by atoms with Crippen LogP contribution in [0.3, 0.4) is 0 Å². The third-order valence-electron chi connectivity index (χ3n) is 2.90. The number of benzene rings is 1. The Kier molecular flexibility index (Phi) is 3.35. The summed E-state index contributed by atoms with van der Waals surface area (Å²) in [6, 6.07) is 13.1. The van der Waals surface area contributed by atoms with E-state index in [0.29, 0.717) is 5.76 Å². The number of carbonyl (C=O) groups is 1. The second kappa shape index (κ2) is 5.30. The Morgan fingerprint density at radius 1 is 1.25 bits per heavy atom. The fraction of sp³-hybridized carbons (Fsp3) is 0.0667. The smallest absolute Gasteiger partial charge is 0.277 e. The molecule has 0 spiro atoms. The molecule has 3 rings (SSSR count). The van der Waals surface area contributed by atoms with E-state index >= 15 is 0 Å². The van der Waals surface area contributed by atoms with Crippen LogP contribution in [-0.2, 0) is 0 Å². The molecule has 4 nitrogen and oxygen atoms in total. The maximum absolute atomic E-state index is 12.1. The average Bonchev–Trinajstić information content (AvgIpc) is 3.11. The molecule has 20 heavy (non-hydrogen) atoms. The summed E-state index contributed by atoms with van der Waals surface area (Å²) in [7, 11) is 0. The zero-order valence-electron chi connectivity index (χ0n) is 10.8. The number of anilines is 1. The molecule has 5 heteroatoms. The molecule has 0 atom stereocenters. The summed E-state index contributed by atoms with van der Waals surface area (Å²) in [4.78, 5) is 13.1. The van der Waals surface area contributed by atoms with Gasteiger partial charge in [0.25, 0.3) is 5.91 Å². The van der Waals surface area contributed by atoms with Gasteiger partial charge in [0.1, 0.15) is 0 Å². The van der Waals surface area contributed by atoms with E-state index in [1.165, 1.54) is 0 Å². The van der Waals surface area contributed by atoms with E-state index in [1.807, 2.05) is 48.7 Å². The molecule has 0 saturated carbocycles. The Morgan fingerprint density at radius 3 is 2.85 bits per heavy atom. The van der Waals surface area contributed by atoms with Crippen LogP contribution in [0.4, 0.5) is 5.69 Å². The zero-order valence-corrected chi connectivity index (χ0v) is 11.6. The minimum atomic E-state index is -0.272. The topological polar surface area (TPSA) is 55.1 Å². The maximum Gasteiger partial charge on any atom is 0.277 e. The quantitative estimate of drug-likeness (QED) is 0.792. The lowest BCUT2D eigenvalue weighted by Gasteiger charge is -2.05. The molecule has 0 radical (unpaired) electrons. The lowest BCUT2D eigenvalue weighted by molar-refractivity contribution is 0.101. The first-order valence-corrected chi connectivity index (χ1v) is 6.99. The van der Waals surface area contributed by atoms with Crippen LogP contribution < -0.4 is 5.32 Å². The highest BCUT2D eigenvalue weighted by atomic mass is 32.1. The monoisotopic (exact) mass is 284 g/mol. The number of rotatable bonds is 3. The number of nitrogens with one attached hydrogen (secondary N) is 1. The number of nitrogens with zero attached hydrogens (tertiary/aromatic N) is 1. The molecule has 100 valence electrons. The van der Waals surface area contributed by atoms with Crippen molar-refractivity contribution in [1.29, 1.82) is 0 Å². The number of hydrogen-bond acceptors (Lipinski definition) is 4. The molecule has 0 aliphatic heterocycles. The molecule has 2 heterocycles. The lowest BCUT2D eigenvalue weighted by Crippen LogP contribution is -2.12. The highest BCUT2D eigenvalue weighted by Crippen LogP contribution is 2.25. The van der Waals surface area contributed by atoms with E-state index in [1.54, 1.807) is 17.4 Å². The van der Waals surface area contributed by atoms with Gasteiger partial charge in [0, 0.05) is 11.8 Å². The van der Waals surface area contributed by atoms with Crippen LogP contribution >= 0.6 is 11.3 Å². The van der Waals surface area contributed by atoms with E-state index < -0.39 is 0 Å². The highest BCUT2D eigenvalue weighted by molar-refractivity contribution is 7.13. The van der Waals surface area contributed by atoms with Gasteiger partial charge in [-0.2, -0.15) is 0 Å². The first-order valence-electron chi connectivity index (χ1n) is 6.11. The van der Waals surface area contributed by atoms with Crippen molar-refractivity contribution in [2.75, 3.05) is 5.32 Å². The molecule has 0 fully saturated rings. The van der Waals surface area contributed by atoms with Gasteiger partial charge in [-0.3, -0.25) is 4.79 Å².